The Bertz CT molecular complexity index is 879. The lowest BCUT2D eigenvalue weighted by Crippen LogP contribution is -2.37. The number of benzene rings is 1. The van der Waals surface area contributed by atoms with Gasteiger partial charge in [-0.05, 0) is 43.5 Å². The third-order valence-electron chi connectivity index (χ3n) is 5.04. The highest BCUT2D eigenvalue weighted by atomic mass is 16.5. The molecule has 0 spiro atoms. The van der Waals surface area contributed by atoms with Crippen LogP contribution in [0.2, 0.25) is 0 Å². The number of fused-ring (bicyclic) bond motifs is 1. The molecule has 0 N–H and O–H groups in total. The second-order valence-electron chi connectivity index (χ2n) is 6.79. The quantitative estimate of drug-likeness (QED) is 0.735. The van der Waals surface area contributed by atoms with E-state index >= 15 is 0 Å². The van der Waals surface area contributed by atoms with E-state index in [1.165, 1.54) is 16.7 Å². The Balaban J connectivity index is 1.61. The van der Waals surface area contributed by atoms with Crippen LogP contribution in [0, 0.1) is 13.8 Å². The van der Waals surface area contributed by atoms with Crippen LogP contribution in [0.1, 0.15) is 29.9 Å². The van der Waals surface area contributed by atoms with Crippen molar-refractivity contribution in [2.75, 3.05) is 26.3 Å². The predicted octanol–water partition coefficient (Wildman–Crippen LogP) is 3.41. The van der Waals surface area contributed by atoms with Gasteiger partial charge in [-0.3, -0.25) is 4.90 Å². The lowest BCUT2D eigenvalue weighted by Gasteiger charge is -2.32. The molecule has 5 nitrogen and oxygen atoms in total. The molecule has 0 saturated carbocycles. The van der Waals surface area contributed by atoms with Crippen molar-refractivity contribution in [1.29, 1.82) is 0 Å². The van der Waals surface area contributed by atoms with Gasteiger partial charge in [-0.2, -0.15) is 5.10 Å². The fourth-order valence-corrected chi connectivity index (χ4v) is 3.54. The van der Waals surface area contributed by atoms with Gasteiger partial charge in [-0.15, -0.1) is 0 Å². The van der Waals surface area contributed by atoms with Crippen LogP contribution in [0.4, 0.5) is 0 Å². The molecular weight excluding hydrogens is 312 g/mol. The number of aryl methyl sites for hydroxylation is 2. The molecule has 0 unspecified atom stereocenters. The molecule has 5 heteroatoms. The minimum absolute atomic E-state index is 0.417. The normalized spacial score (nSPS) is 17.1. The van der Waals surface area contributed by atoms with Crippen LogP contribution in [0.25, 0.3) is 16.8 Å². The van der Waals surface area contributed by atoms with Crippen LogP contribution < -0.4 is 0 Å². The molecule has 1 aliphatic heterocycles. The lowest BCUT2D eigenvalue weighted by molar-refractivity contribution is 0.0198. The fraction of sp³-hybridized carbons (Fsp3) is 0.400. The minimum Gasteiger partial charge on any atom is -0.379 e. The number of pyridine rings is 1. The Morgan fingerprint density at radius 1 is 1.04 bits per heavy atom. The summed E-state index contributed by atoms with van der Waals surface area (Å²) in [6.45, 7) is 9.96. The van der Waals surface area contributed by atoms with Gasteiger partial charge >= 0.3 is 0 Å². The van der Waals surface area contributed by atoms with E-state index in [-0.39, 0.29) is 0 Å². The Hall–Kier alpha value is -2.24. The van der Waals surface area contributed by atoms with Gasteiger partial charge in [0.05, 0.1) is 13.2 Å². The molecule has 0 radical (unpaired) electrons. The first-order valence-corrected chi connectivity index (χ1v) is 8.87. The summed E-state index contributed by atoms with van der Waals surface area (Å²) in [7, 11) is 0. The van der Waals surface area contributed by atoms with E-state index in [1.807, 2.05) is 11.4 Å². The van der Waals surface area contributed by atoms with Crippen LogP contribution in [0.5, 0.6) is 0 Å². The third-order valence-corrected chi connectivity index (χ3v) is 5.04. The number of ether oxygens (including phenoxy) is 1. The van der Waals surface area contributed by atoms with Gasteiger partial charge < -0.3 is 4.74 Å². The van der Waals surface area contributed by atoms with E-state index in [0.717, 1.165) is 43.3 Å². The second kappa shape index (κ2) is 6.58. The SMILES string of the molecule is Cc1nc2c(C)cc(-c3ccc([C@@H](C)N4CCOCC4)cc3)cn2n1. The molecule has 3 heterocycles. The van der Waals surface area contributed by atoms with Crippen molar-refractivity contribution < 1.29 is 4.74 Å². The molecule has 0 amide bonds. The highest BCUT2D eigenvalue weighted by Gasteiger charge is 2.18. The predicted molar refractivity (Wildman–Crippen MR) is 98.7 cm³/mol. The van der Waals surface area contributed by atoms with Crippen LogP contribution in [-0.2, 0) is 4.74 Å². The maximum absolute atomic E-state index is 5.46. The Labute approximate surface area is 148 Å². The molecule has 1 fully saturated rings. The van der Waals surface area contributed by atoms with E-state index in [2.05, 4.69) is 65.4 Å². The van der Waals surface area contributed by atoms with Crippen molar-refractivity contribution in [2.45, 2.75) is 26.8 Å². The topological polar surface area (TPSA) is 42.7 Å². The summed E-state index contributed by atoms with van der Waals surface area (Å²) in [5.41, 5.74) is 5.79. The summed E-state index contributed by atoms with van der Waals surface area (Å²) in [6, 6.07) is 11.5. The number of nitrogens with zero attached hydrogens (tertiary/aromatic N) is 4. The Morgan fingerprint density at radius 2 is 1.76 bits per heavy atom. The molecule has 130 valence electrons. The molecule has 1 saturated heterocycles. The lowest BCUT2D eigenvalue weighted by atomic mass is 10.0. The molecule has 3 aromatic rings. The van der Waals surface area contributed by atoms with Gasteiger partial charge in [0.15, 0.2) is 5.65 Å². The van der Waals surface area contributed by atoms with Crippen LogP contribution in [-0.4, -0.2) is 45.8 Å². The molecule has 25 heavy (non-hydrogen) atoms. The fourth-order valence-electron chi connectivity index (χ4n) is 3.54. The van der Waals surface area contributed by atoms with Crippen molar-refractivity contribution in [3.63, 3.8) is 0 Å². The summed E-state index contributed by atoms with van der Waals surface area (Å²) in [6.07, 6.45) is 2.06. The Morgan fingerprint density at radius 3 is 2.48 bits per heavy atom. The van der Waals surface area contributed by atoms with E-state index in [1.54, 1.807) is 0 Å². The number of morpholine rings is 1. The highest BCUT2D eigenvalue weighted by molar-refractivity contribution is 5.67. The zero-order chi connectivity index (χ0) is 17.4. The van der Waals surface area contributed by atoms with Crippen molar-refractivity contribution >= 4 is 5.65 Å². The molecule has 1 aromatic carbocycles. The first-order chi connectivity index (χ1) is 12.1. The Kier molecular flexibility index (Phi) is 4.27. The largest absolute Gasteiger partial charge is 0.379 e. The molecule has 4 rings (SSSR count). The maximum atomic E-state index is 5.46. The maximum Gasteiger partial charge on any atom is 0.158 e. The third kappa shape index (κ3) is 3.17. The van der Waals surface area contributed by atoms with Crippen molar-refractivity contribution in [3.8, 4) is 11.1 Å². The van der Waals surface area contributed by atoms with Gasteiger partial charge in [0, 0.05) is 30.9 Å². The molecule has 1 atom stereocenters. The van der Waals surface area contributed by atoms with E-state index in [9.17, 15) is 0 Å². The zero-order valence-corrected chi connectivity index (χ0v) is 15.1. The van der Waals surface area contributed by atoms with E-state index in [0.29, 0.717) is 6.04 Å². The van der Waals surface area contributed by atoms with Gasteiger partial charge in [-0.25, -0.2) is 9.50 Å². The zero-order valence-electron chi connectivity index (χ0n) is 15.1. The van der Waals surface area contributed by atoms with Crippen molar-refractivity contribution in [3.05, 3.63) is 53.5 Å². The molecular formula is C20H24N4O. The van der Waals surface area contributed by atoms with E-state index in [4.69, 9.17) is 4.74 Å². The summed E-state index contributed by atoms with van der Waals surface area (Å²) in [5.74, 6) is 0.801. The van der Waals surface area contributed by atoms with Crippen molar-refractivity contribution in [2.24, 2.45) is 0 Å². The minimum atomic E-state index is 0.417. The van der Waals surface area contributed by atoms with Gasteiger partial charge in [-0.1, -0.05) is 24.3 Å². The van der Waals surface area contributed by atoms with Crippen LogP contribution >= 0.6 is 0 Å². The molecule has 0 aliphatic carbocycles. The monoisotopic (exact) mass is 336 g/mol. The standard InChI is InChI=1S/C20H24N4O/c1-14-12-19(13-24-20(14)21-16(3)22-24)18-6-4-17(5-7-18)15(2)23-8-10-25-11-9-23/h4-7,12-13,15H,8-11H2,1-3H3/t15-/m1/s1. The van der Waals surface area contributed by atoms with E-state index < -0.39 is 0 Å². The number of rotatable bonds is 3. The van der Waals surface area contributed by atoms with Gasteiger partial charge in [0.1, 0.15) is 5.82 Å². The first-order valence-electron chi connectivity index (χ1n) is 8.87. The molecule has 2 aromatic heterocycles. The number of hydrogen-bond donors (Lipinski definition) is 0. The average molecular weight is 336 g/mol. The summed E-state index contributed by atoms with van der Waals surface area (Å²) >= 11 is 0. The van der Waals surface area contributed by atoms with Gasteiger partial charge in [0.25, 0.3) is 0 Å². The van der Waals surface area contributed by atoms with Crippen molar-refractivity contribution in [1.82, 2.24) is 19.5 Å². The van der Waals surface area contributed by atoms with Crippen LogP contribution in [0.3, 0.4) is 0 Å². The number of aromatic nitrogens is 3. The second-order valence-corrected chi connectivity index (χ2v) is 6.79. The molecule has 0 bridgehead atoms. The summed E-state index contributed by atoms with van der Waals surface area (Å²) in [4.78, 5) is 6.95. The molecule has 1 aliphatic rings. The smallest absolute Gasteiger partial charge is 0.158 e. The van der Waals surface area contributed by atoms with Gasteiger partial charge in [0.2, 0.25) is 0 Å². The number of hydrogen-bond acceptors (Lipinski definition) is 4. The average Bonchev–Trinajstić information content (AvgIpc) is 3.03. The van der Waals surface area contributed by atoms with Crippen LogP contribution in [0.15, 0.2) is 36.5 Å². The summed E-state index contributed by atoms with van der Waals surface area (Å²) < 4.78 is 7.33. The first kappa shape index (κ1) is 16.2. The highest BCUT2D eigenvalue weighted by Crippen LogP contribution is 2.26. The summed E-state index contributed by atoms with van der Waals surface area (Å²) in [5, 5.41) is 4.45.